The molecule has 0 saturated carbocycles. The molecule has 0 atom stereocenters. The number of carbonyl (C=O) groups is 2. The predicted octanol–water partition coefficient (Wildman–Crippen LogP) is 4.54. The van der Waals surface area contributed by atoms with Gasteiger partial charge in [-0.05, 0) is 32.2 Å². The van der Waals surface area contributed by atoms with E-state index in [1.54, 1.807) is 30.1 Å². The molecule has 0 aliphatic carbocycles. The lowest BCUT2D eigenvalue weighted by molar-refractivity contribution is -0.116. The Balaban J connectivity index is 1.66. The van der Waals surface area contributed by atoms with E-state index >= 15 is 0 Å². The third-order valence-electron chi connectivity index (χ3n) is 4.23. The maximum atomic E-state index is 12.8. The average Bonchev–Trinajstić information content (AvgIpc) is 2.93. The van der Waals surface area contributed by atoms with Crippen molar-refractivity contribution in [2.45, 2.75) is 6.92 Å². The summed E-state index contributed by atoms with van der Waals surface area (Å²) in [6.45, 7) is 2.03. The Morgan fingerprint density at radius 3 is 2.41 bits per heavy atom. The molecule has 2 N–H and O–H groups in total. The highest BCUT2D eigenvalue weighted by atomic mass is 35.5. The summed E-state index contributed by atoms with van der Waals surface area (Å²) in [6, 6.07) is 12.7. The van der Waals surface area contributed by atoms with Crippen LogP contribution in [0.3, 0.4) is 0 Å². The Morgan fingerprint density at radius 1 is 1.04 bits per heavy atom. The van der Waals surface area contributed by atoms with Gasteiger partial charge in [0.15, 0.2) is 5.78 Å². The van der Waals surface area contributed by atoms with Gasteiger partial charge in [0.05, 0.1) is 28.8 Å². The molecule has 0 aliphatic rings. The molecule has 2 aromatic carbocycles. The minimum absolute atomic E-state index is 0.0364. The molecule has 140 valence electrons. The largest absolute Gasteiger partial charge is 0.358 e. The molecule has 3 rings (SSSR count). The van der Waals surface area contributed by atoms with E-state index in [1.165, 1.54) is 0 Å². The lowest BCUT2D eigenvalue weighted by Gasteiger charge is -2.16. The number of ketones is 1. The van der Waals surface area contributed by atoms with Gasteiger partial charge in [0.2, 0.25) is 5.91 Å². The van der Waals surface area contributed by atoms with Gasteiger partial charge in [-0.2, -0.15) is 0 Å². The van der Waals surface area contributed by atoms with Crippen LogP contribution in [0.15, 0.2) is 42.5 Å². The fourth-order valence-corrected chi connectivity index (χ4v) is 3.55. The summed E-state index contributed by atoms with van der Waals surface area (Å²) in [5, 5.41) is 4.32. The van der Waals surface area contributed by atoms with Crippen molar-refractivity contribution in [3.8, 4) is 0 Å². The highest BCUT2D eigenvalue weighted by molar-refractivity contribution is 6.39. The number of amides is 1. The van der Waals surface area contributed by atoms with Crippen molar-refractivity contribution in [1.29, 1.82) is 0 Å². The number of rotatable bonds is 6. The number of halogens is 2. The molecule has 0 fully saturated rings. The number of aromatic nitrogens is 1. The van der Waals surface area contributed by atoms with Gasteiger partial charge in [0, 0.05) is 22.2 Å². The van der Waals surface area contributed by atoms with E-state index in [9.17, 15) is 9.59 Å². The van der Waals surface area contributed by atoms with E-state index in [1.807, 2.05) is 31.2 Å². The fourth-order valence-electron chi connectivity index (χ4n) is 3.06. The molecule has 7 heteroatoms. The van der Waals surface area contributed by atoms with Crippen molar-refractivity contribution in [3.63, 3.8) is 0 Å². The van der Waals surface area contributed by atoms with Crippen molar-refractivity contribution in [1.82, 2.24) is 9.88 Å². The zero-order valence-corrected chi connectivity index (χ0v) is 16.5. The third-order valence-corrected chi connectivity index (χ3v) is 4.86. The molecule has 3 aromatic rings. The van der Waals surface area contributed by atoms with Crippen LogP contribution in [-0.4, -0.2) is 41.7 Å². The number of benzene rings is 2. The third kappa shape index (κ3) is 4.33. The summed E-state index contributed by atoms with van der Waals surface area (Å²) in [4.78, 5) is 29.9. The first-order chi connectivity index (χ1) is 12.9. The molecule has 0 bridgehead atoms. The van der Waals surface area contributed by atoms with Crippen molar-refractivity contribution >= 4 is 51.5 Å². The lowest BCUT2D eigenvalue weighted by atomic mass is 10.1. The molecule has 1 aromatic heterocycles. The Bertz CT molecular complexity index is 993. The van der Waals surface area contributed by atoms with Gasteiger partial charge in [-0.3, -0.25) is 14.5 Å². The van der Waals surface area contributed by atoms with Gasteiger partial charge in [-0.15, -0.1) is 0 Å². The van der Waals surface area contributed by atoms with Crippen molar-refractivity contribution in [2.75, 3.05) is 25.5 Å². The second kappa shape index (κ2) is 8.13. The number of likely N-dealkylation sites (N-methyl/N-ethyl adjacent to an activating group) is 1. The van der Waals surface area contributed by atoms with Crippen molar-refractivity contribution in [3.05, 3.63) is 63.8 Å². The Morgan fingerprint density at radius 2 is 1.70 bits per heavy atom. The quantitative estimate of drug-likeness (QED) is 0.593. The maximum Gasteiger partial charge on any atom is 0.238 e. The van der Waals surface area contributed by atoms with E-state index in [0.29, 0.717) is 21.3 Å². The molecule has 0 radical (unpaired) electrons. The summed E-state index contributed by atoms with van der Waals surface area (Å²) in [5.74, 6) is -0.341. The molecule has 1 heterocycles. The summed E-state index contributed by atoms with van der Waals surface area (Å²) in [6.07, 6.45) is 0. The van der Waals surface area contributed by atoms with E-state index < -0.39 is 0 Å². The molecule has 0 unspecified atom stereocenters. The van der Waals surface area contributed by atoms with Crippen LogP contribution in [0.5, 0.6) is 0 Å². The van der Waals surface area contributed by atoms with Crippen LogP contribution in [0.2, 0.25) is 10.0 Å². The number of hydrogen-bond acceptors (Lipinski definition) is 3. The van der Waals surface area contributed by atoms with Gasteiger partial charge >= 0.3 is 0 Å². The average molecular weight is 404 g/mol. The Labute approximate surface area is 167 Å². The topological polar surface area (TPSA) is 65.2 Å². The van der Waals surface area contributed by atoms with E-state index in [2.05, 4.69) is 10.3 Å². The zero-order valence-electron chi connectivity index (χ0n) is 15.0. The number of Topliss-reactive ketones (excluding diaryl/α,β-unsaturated/α-hetero) is 1. The van der Waals surface area contributed by atoms with E-state index in [4.69, 9.17) is 23.2 Å². The fraction of sp³-hybridized carbons (Fsp3) is 0.200. The molecule has 0 saturated heterocycles. The van der Waals surface area contributed by atoms with Crippen LogP contribution in [0.1, 0.15) is 16.1 Å². The second-order valence-electron chi connectivity index (χ2n) is 6.41. The Kier molecular flexibility index (Phi) is 5.85. The normalized spacial score (nSPS) is 11.1. The summed E-state index contributed by atoms with van der Waals surface area (Å²) >= 11 is 12.1. The predicted molar refractivity (Wildman–Crippen MR) is 110 cm³/mol. The molecular formula is C20H19Cl2N3O2. The van der Waals surface area contributed by atoms with Crippen LogP contribution in [-0.2, 0) is 4.79 Å². The van der Waals surface area contributed by atoms with Crippen LogP contribution >= 0.6 is 23.2 Å². The molecule has 0 aliphatic heterocycles. The highest BCUT2D eigenvalue weighted by Gasteiger charge is 2.19. The SMILES string of the molecule is Cc1[nH]c2ccccc2c1C(=O)CN(C)CC(=O)Nc1c(Cl)cccc1Cl. The highest BCUT2D eigenvalue weighted by Crippen LogP contribution is 2.29. The second-order valence-corrected chi connectivity index (χ2v) is 7.23. The van der Waals surface area contributed by atoms with Gasteiger partial charge in [-0.25, -0.2) is 0 Å². The summed E-state index contributed by atoms with van der Waals surface area (Å²) in [7, 11) is 1.72. The Hall–Kier alpha value is -2.34. The van der Waals surface area contributed by atoms with Crippen LogP contribution < -0.4 is 5.32 Å². The van der Waals surface area contributed by atoms with Crippen LogP contribution in [0.25, 0.3) is 10.9 Å². The summed E-state index contributed by atoms with van der Waals surface area (Å²) < 4.78 is 0. The molecule has 5 nitrogen and oxygen atoms in total. The minimum Gasteiger partial charge on any atom is -0.358 e. The number of aromatic amines is 1. The zero-order chi connectivity index (χ0) is 19.6. The van der Waals surface area contributed by atoms with Crippen molar-refractivity contribution < 1.29 is 9.59 Å². The number of H-pyrrole nitrogens is 1. The van der Waals surface area contributed by atoms with Gasteiger partial charge < -0.3 is 10.3 Å². The first-order valence-electron chi connectivity index (χ1n) is 8.39. The number of anilines is 1. The smallest absolute Gasteiger partial charge is 0.238 e. The number of nitrogens with one attached hydrogen (secondary N) is 2. The number of nitrogens with zero attached hydrogens (tertiary/aromatic N) is 1. The van der Waals surface area contributed by atoms with E-state index in [0.717, 1.165) is 16.6 Å². The monoisotopic (exact) mass is 403 g/mol. The molecule has 0 spiro atoms. The first-order valence-corrected chi connectivity index (χ1v) is 9.15. The van der Waals surface area contributed by atoms with Gasteiger partial charge in [0.1, 0.15) is 0 Å². The van der Waals surface area contributed by atoms with Crippen LogP contribution in [0, 0.1) is 6.92 Å². The standard InChI is InChI=1S/C20H19Cl2N3O2/c1-12-19(13-6-3-4-9-16(13)23-12)17(26)10-25(2)11-18(27)24-20-14(21)7-5-8-15(20)22/h3-9,23H,10-11H2,1-2H3,(H,24,27). The molecule has 1 amide bonds. The maximum absolute atomic E-state index is 12.8. The summed E-state index contributed by atoms with van der Waals surface area (Å²) in [5.41, 5.74) is 2.78. The molecular weight excluding hydrogens is 385 g/mol. The number of para-hydroxylation sites is 2. The number of aryl methyl sites for hydroxylation is 1. The minimum atomic E-state index is -0.295. The van der Waals surface area contributed by atoms with Crippen LogP contribution in [0.4, 0.5) is 5.69 Å². The molecule has 27 heavy (non-hydrogen) atoms. The lowest BCUT2D eigenvalue weighted by Crippen LogP contribution is -2.34. The number of carbonyl (C=O) groups excluding carboxylic acids is 2. The number of hydrogen-bond donors (Lipinski definition) is 2. The first kappa shape index (κ1) is 19.4. The number of fused-ring (bicyclic) bond motifs is 1. The van der Waals surface area contributed by atoms with Gasteiger partial charge in [0.25, 0.3) is 0 Å². The van der Waals surface area contributed by atoms with Gasteiger partial charge in [-0.1, -0.05) is 47.5 Å². The van der Waals surface area contributed by atoms with E-state index in [-0.39, 0.29) is 24.8 Å². The van der Waals surface area contributed by atoms with Crippen molar-refractivity contribution in [2.24, 2.45) is 0 Å².